The quantitative estimate of drug-likeness (QED) is 0.653. The fourth-order valence-corrected chi connectivity index (χ4v) is 1.65. The smallest absolute Gasteiger partial charge is 0.237 e. The van der Waals surface area contributed by atoms with E-state index in [2.05, 4.69) is 12.2 Å². The summed E-state index contributed by atoms with van der Waals surface area (Å²) in [5.74, 6) is -0.000278. The number of amides is 1. The molecule has 1 aliphatic carbocycles. The molecule has 1 saturated carbocycles. The lowest BCUT2D eigenvalue weighted by Gasteiger charge is -2.42. The van der Waals surface area contributed by atoms with Crippen molar-refractivity contribution in [2.75, 3.05) is 6.54 Å². The molecular weight excluding hydrogens is 152 g/mol. The number of carbonyl (C=O) groups is 1. The normalized spacial score (nSPS) is 22.6. The summed E-state index contributed by atoms with van der Waals surface area (Å²) in [5.41, 5.74) is 5.90. The lowest BCUT2D eigenvalue weighted by molar-refractivity contribution is -0.126. The third-order valence-corrected chi connectivity index (χ3v) is 2.88. The van der Waals surface area contributed by atoms with Gasteiger partial charge in [0.05, 0.1) is 6.04 Å². The maximum atomic E-state index is 11.3. The van der Waals surface area contributed by atoms with Crippen molar-refractivity contribution in [3.8, 4) is 0 Å². The Morgan fingerprint density at radius 1 is 1.67 bits per heavy atom. The van der Waals surface area contributed by atoms with Gasteiger partial charge < -0.3 is 11.1 Å². The molecule has 3 heteroatoms. The van der Waals surface area contributed by atoms with Crippen molar-refractivity contribution in [1.82, 2.24) is 5.32 Å². The van der Waals surface area contributed by atoms with Gasteiger partial charge in [-0.3, -0.25) is 4.79 Å². The van der Waals surface area contributed by atoms with Crippen molar-refractivity contribution in [3.63, 3.8) is 0 Å². The first-order valence-electron chi connectivity index (χ1n) is 4.63. The van der Waals surface area contributed by atoms with Crippen LogP contribution in [0, 0.1) is 5.41 Å². The van der Waals surface area contributed by atoms with Gasteiger partial charge in [0.15, 0.2) is 0 Å². The van der Waals surface area contributed by atoms with Crippen molar-refractivity contribution in [2.24, 2.45) is 11.1 Å². The Bertz CT molecular complexity index is 175. The molecule has 1 fully saturated rings. The minimum Gasteiger partial charge on any atom is -0.355 e. The van der Waals surface area contributed by atoms with Crippen molar-refractivity contribution < 1.29 is 4.79 Å². The van der Waals surface area contributed by atoms with Crippen LogP contribution >= 0.6 is 0 Å². The fourth-order valence-electron chi connectivity index (χ4n) is 1.65. The molecule has 0 unspecified atom stereocenters. The van der Waals surface area contributed by atoms with E-state index >= 15 is 0 Å². The van der Waals surface area contributed by atoms with E-state index < -0.39 is 0 Å². The monoisotopic (exact) mass is 170 g/mol. The van der Waals surface area contributed by atoms with Gasteiger partial charge in [-0.15, -0.1) is 0 Å². The molecule has 1 atom stereocenters. The van der Waals surface area contributed by atoms with Crippen LogP contribution in [0.5, 0.6) is 0 Å². The van der Waals surface area contributed by atoms with Crippen molar-refractivity contribution in [1.29, 1.82) is 0 Å². The van der Waals surface area contributed by atoms with E-state index in [1.165, 1.54) is 6.42 Å². The summed E-state index contributed by atoms with van der Waals surface area (Å²) in [4.78, 5) is 11.3. The molecule has 70 valence electrons. The van der Waals surface area contributed by atoms with Crippen molar-refractivity contribution in [3.05, 3.63) is 0 Å². The van der Waals surface area contributed by atoms with Crippen LogP contribution in [0.3, 0.4) is 0 Å². The molecule has 0 spiro atoms. The Morgan fingerprint density at radius 2 is 2.25 bits per heavy atom. The topological polar surface area (TPSA) is 55.1 Å². The Morgan fingerprint density at radius 3 is 2.58 bits per heavy atom. The standard InChI is InChI=1S/C9H18N2O/c1-3-11-8(12)7(10)9(2)5-4-6-9/h7H,3-6,10H2,1-2H3,(H,11,12)/t7-/m0/s1. The van der Waals surface area contributed by atoms with E-state index in [9.17, 15) is 4.79 Å². The van der Waals surface area contributed by atoms with Crippen molar-refractivity contribution >= 4 is 5.91 Å². The molecular formula is C9H18N2O. The highest BCUT2D eigenvalue weighted by Crippen LogP contribution is 2.42. The molecule has 0 aromatic rings. The molecule has 1 aliphatic rings. The van der Waals surface area contributed by atoms with Gasteiger partial charge in [0, 0.05) is 6.54 Å². The molecule has 0 bridgehead atoms. The minimum atomic E-state index is -0.314. The molecule has 0 aromatic heterocycles. The zero-order chi connectivity index (χ0) is 9.19. The summed E-state index contributed by atoms with van der Waals surface area (Å²) in [6.07, 6.45) is 3.39. The van der Waals surface area contributed by atoms with Crippen LogP contribution in [0.25, 0.3) is 0 Å². The molecule has 1 amide bonds. The molecule has 1 rings (SSSR count). The highest BCUT2D eigenvalue weighted by Gasteiger charge is 2.41. The Kier molecular flexibility index (Phi) is 2.73. The molecule has 0 saturated heterocycles. The van der Waals surface area contributed by atoms with Crippen LogP contribution in [-0.4, -0.2) is 18.5 Å². The van der Waals surface area contributed by atoms with E-state index in [0.29, 0.717) is 6.54 Å². The van der Waals surface area contributed by atoms with Gasteiger partial charge in [0.2, 0.25) is 5.91 Å². The first-order chi connectivity index (χ1) is 5.60. The lowest BCUT2D eigenvalue weighted by Crippen LogP contribution is -2.53. The van der Waals surface area contributed by atoms with Gasteiger partial charge in [0.1, 0.15) is 0 Å². The van der Waals surface area contributed by atoms with Crippen molar-refractivity contribution in [2.45, 2.75) is 39.2 Å². The highest BCUT2D eigenvalue weighted by molar-refractivity contribution is 5.82. The van der Waals surface area contributed by atoms with Crippen LogP contribution in [0.4, 0.5) is 0 Å². The van der Waals surface area contributed by atoms with Gasteiger partial charge in [-0.1, -0.05) is 13.3 Å². The van der Waals surface area contributed by atoms with E-state index in [1.54, 1.807) is 0 Å². The van der Waals surface area contributed by atoms with Gasteiger partial charge in [-0.05, 0) is 25.2 Å². The zero-order valence-corrected chi connectivity index (χ0v) is 7.89. The summed E-state index contributed by atoms with van der Waals surface area (Å²) < 4.78 is 0. The van der Waals surface area contributed by atoms with Gasteiger partial charge in [-0.2, -0.15) is 0 Å². The lowest BCUT2D eigenvalue weighted by atomic mass is 9.65. The zero-order valence-electron chi connectivity index (χ0n) is 7.89. The van der Waals surface area contributed by atoms with E-state index in [4.69, 9.17) is 5.73 Å². The third kappa shape index (κ3) is 1.61. The SMILES string of the molecule is CCNC(=O)[C@H](N)C1(C)CCC1. The number of hydrogen-bond acceptors (Lipinski definition) is 2. The molecule has 3 nitrogen and oxygen atoms in total. The summed E-state index contributed by atoms with van der Waals surface area (Å²) in [7, 11) is 0. The van der Waals surface area contributed by atoms with E-state index in [-0.39, 0.29) is 17.4 Å². The average molecular weight is 170 g/mol. The summed E-state index contributed by atoms with van der Waals surface area (Å²) in [6.45, 7) is 4.67. The average Bonchev–Trinajstić information content (AvgIpc) is 1.99. The van der Waals surface area contributed by atoms with Crippen LogP contribution < -0.4 is 11.1 Å². The third-order valence-electron chi connectivity index (χ3n) is 2.88. The number of likely N-dealkylation sites (N-methyl/N-ethyl adjacent to an activating group) is 1. The van der Waals surface area contributed by atoms with E-state index in [1.807, 2.05) is 6.92 Å². The Labute approximate surface area is 73.7 Å². The summed E-state index contributed by atoms with van der Waals surface area (Å²) >= 11 is 0. The molecule has 0 radical (unpaired) electrons. The van der Waals surface area contributed by atoms with Crippen LogP contribution in [-0.2, 0) is 4.79 Å². The molecule has 0 aliphatic heterocycles. The molecule has 0 aromatic carbocycles. The van der Waals surface area contributed by atoms with Gasteiger partial charge >= 0.3 is 0 Å². The number of nitrogens with one attached hydrogen (secondary N) is 1. The number of nitrogens with two attached hydrogens (primary N) is 1. The molecule has 12 heavy (non-hydrogen) atoms. The van der Waals surface area contributed by atoms with E-state index in [0.717, 1.165) is 12.8 Å². The summed E-state index contributed by atoms with van der Waals surface area (Å²) in [6, 6.07) is -0.314. The second-order valence-electron chi connectivity index (χ2n) is 3.88. The van der Waals surface area contributed by atoms with Gasteiger partial charge in [0.25, 0.3) is 0 Å². The Balaban J connectivity index is 2.45. The number of carbonyl (C=O) groups excluding carboxylic acids is 1. The largest absolute Gasteiger partial charge is 0.355 e. The minimum absolute atomic E-state index is 0.000278. The first kappa shape index (κ1) is 9.52. The maximum Gasteiger partial charge on any atom is 0.237 e. The molecule has 0 heterocycles. The predicted molar refractivity (Wildman–Crippen MR) is 48.6 cm³/mol. The number of rotatable bonds is 3. The van der Waals surface area contributed by atoms with Crippen LogP contribution in [0.15, 0.2) is 0 Å². The predicted octanol–water partition coefficient (Wildman–Crippen LogP) is 0.640. The second-order valence-corrected chi connectivity index (χ2v) is 3.88. The fraction of sp³-hybridized carbons (Fsp3) is 0.889. The molecule has 3 N–H and O–H groups in total. The van der Waals surface area contributed by atoms with Crippen LogP contribution in [0.2, 0.25) is 0 Å². The summed E-state index contributed by atoms with van der Waals surface area (Å²) in [5, 5.41) is 2.76. The number of hydrogen-bond donors (Lipinski definition) is 2. The highest BCUT2D eigenvalue weighted by atomic mass is 16.2. The second kappa shape index (κ2) is 3.44. The first-order valence-corrected chi connectivity index (χ1v) is 4.63. The Hall–Kier alpha value is -0.570. The van der Waals surface area contributed by atoms with Crippen LogP contribution in [0.1, 0.15) is 33.1 Å². The van der Waals surface area contributed by atoms with Gasteiger partial charge in [-0.25, -0.2) is 0 Å². The maximum absolute atomic E-state index is 11.3.